The van der Waals surface area contributed by atoms with E-state index in [4.69, 9.17) is 4.42 Å². The van der Waals surface area contributed by atoms with Gasteiger partial charge in [0.05, 0.1) is 23.9 Å². The summed E-state index contributed by atoms with van der Waals surface area (Å²) >= 11 is 0. The van der Waals surface area contributed by atoms with Crippen molar-refractivity contribution in [3.8, 4) is 0 Å². The zero-order chi connectivity index (χ0) is 20.8. The number of carbonyl (C=O) groups is 3. The molecular weight excluding hydrogens is 380 g/mol. The lowest BCUT2D eigenvalue weighted by Gasteiger charge is -2.30. The molecule has 0 N–H and O–H groups in total. The van der Waals surface area contributed by atoms with Gasteiger partial charge in [-0.2, -0.15) is 0 Å². The normalized spacial score (nSPS) is 15.4. The Morgan fingerprint density at radius 1 is 1.03 bits per heavy atom. The third-order valence-corrected chi connectivity index (χ3v) is 5.71. The van der Waals surface area contributed by atoms with Crippen LogP contribution < -0.4 is 4.90 Å². The maximum Gasteiger partial charge on any atom is 0.261 e. The highest BCUT2D eigenvalue weighted by Crippen LogP contribution is 2.31. The second-order valence-electron chi connectivity index (χ2n) is 7.73. The fourth-order valence-corrected chi connectivity index (χ4v) is 4.22. The highest BCUT2D eigenvalue weighted by molar-refractivity contribution is 6.22. The summed E-state index contributed by atoms with van der Waals surface area (Å²) in [6, 6.07) is 14.3. The number of carbonyl (C=O) groups excluding carboxylic acids is 3. The minimum atomic E-state index is -0.407. The molecule has 150 valence electrons. The van der Waals surface area contributed by atoms with Gasteiger partial charge in [0, 0.05) is 17.8 Å². The van der Waals surface area contributed by atoms with Gasteiger partial charge in [0.25, 0.3) is 17.7 Å². The van der Waals surface area contributed by atoms with Crippen molar-refractivity contribution in [3.05, 3.63) is 88.4 Å². The summed E-state index contributed by atoms with van der Waals surface area (Å²) in [6.07, 6.45) is 3.34. The first-order chi connectivity index (χ1) is 14.5. The second-order valence-corrected chi connectivity index (χ2v) is 7.73. The Kier molecular flexibility index (Phi) is 4.28. The molecule has 0 atom stereocenters. The molecule has 0 saturated carbocycles. The number of fused-ring (bicyclic) bond motifs is 2. The summed E-state index contributed by atoms with van der Waals surface area (Å²) in [6.45, 7) is 2.74. The minimum absolute atomic E-state index is 0.0709. The maximum atomic E-state index is 13.3. The largest absolute Gasteiger partial charge is 0.467 e. The van der Waals surface area contributed by atoms with Gasteiger partial charge in [-0.3, -0.25) is 19.3 Å². The molecule has 0 saturated heterocycles. The van der Waals surface area contributed by atoms with E-state index >= 15 is 0 Å². The van der Waals surface area contributed by atoms with E-state index in [-0.39, 0.29) is 23.9 Å². The van der Waals surface area contributed by atoms with Crippen molar-refractivity contribution in [2.75, 3.05) is 11.4 Å². The molecule has 0 radical (unpaired) electrons. The molecule has 2 aliphatic rings. The minimum Gasteiger partial charge on any atom is -0.467 e. The number of hydrogen-bond donors (Lipinski definition) is 0. The van der Waals surface area contributed by atoms with Crippen molar-refractivity contribution < 1.29 is 18.8 Å². The molecule has 6 heteroatoms. The fourth-order valence-electron chi connectivity index (χ4n) is 4.22. The van der Waals surface area contributed by atoms with Crippen LogP contribution in [0.3, 0.4) is 0 Å². The number of imide groups is 1. The Morgan fingerprint density at radius 3 is 2.67 bits per heavy atom. The predicted molar refractivity (Wildman–Crippen MR) is 111 cm³/mol. The van der Waals surface area contributed by atoms with Gasteiger partial charge in [-0.25, -0.2) is 0 Å². The lowest BCUT2D eigenvalue weighted by atomic mass is 9.98. The third kappa shape index (κ3) is 2.92. The number of benzene rings is 2. The first-order valence-corrected chi connectivity index (χ1v) is 9.97. The molecule has 3 heterocycles. The van der Waals surface area contributed by atoms with Crippen molar-refractivity contribution in [2.24, 2.45) is 0 Å². The lowest BCUT2D eigenvalue weighted by Crippen LogP contribution is -2.35. The maximum absolute atomic E-state index is 13.3. The van der Waals surface area contributed by atoms with Crippen LogP contribution in [0.4, 0.5) is 5.69 Å². The van der Waals surface area contributed by atoms with E-state index < -0.39 is 5.91 Å². The van der Waals surface area contributed by atoms with Gasteiger partial charge in [-0.15, -0.1) is 0 Å². The summed E-state index contributed by atoms with van der Waals surface area (Å²) in [7, 11) is 0. The Bertz CT molecular complexity index is 1180. The standard InChI is InChI=1S/C24H20N2O4/c1-15-6-9-21-16(12-15)4-2-10-25(21)22(27)17-7-8-19-20(13-17)24(29)26(23(19)28)14-18-5-3-11-30-18/h3,5-9,11-13H,2,4,10,14H2,1H3. The van der Waals surface area contributed by atoms with Gasteiger partial charge in [-0.1, -0.05) is 17.7 Å². The van der Waals surface area contributed by atoms with E-state index in [0.717, 1.165) is 29.0 Å². The van der Waals surface area contributed by atoms with Crippen molar-refractivity contribution >= 4 is 23.4 Å². The molecule has 0 spiro atoms. The number of anilines is 1. The molecule has 6 nitrogen and oxygen atoms in total. The SMILES string of the molecule is Cc1ccc2c(c1)CCCN2C(=O)c1ccc2c(c1)C(=O)N(Cc1ccco1)C2=O. The number of hydrogen-bond acceptors (Lipinski definition) is 4. The lowest BCUT2D eigenvalue weighted by molar-refractivity contribution is 0.0631. The quantitative estimate of drug-likeness (QED) is 0.624. The Hall–Kier alpha value is -3.67. The zero-order valence-electron chi connectivity index (χ0n) is 16.6. The Balaban J connectivity index is 1.45. The fraction of sp³-hybridized carbons (Fsp3) is 0.208. The van der Waals surface area contributed by atoms with Crippen LogP contribution in [0.25, 0.3) is 0 Å². The van der Waals surface area contributed by atoms with Gasteiger partial charge < -0.3 is 9.32 Å². The second kappa shape index (κ2) is 6.99. The van der Waals surface area contributed by atoms with Gasteiger partial charge in [-0.05, 0) is 61.7 Å². The van der Waals surface area contributed by atoms with Gasteiger partial charge >= 0.3 is 0 Å². The van der Waals surface area contributed by atoms with Crippen LogP contribution in [-0.2, 0) is 13.0 Å². The molecule has 1 aromatic heterocycles. The summed E-state index contributed by atoms with van der Waals surface area (Å²) in [5, 5.41) is 0. The molecule has 3 aromatic rings. The average molecular weight is 400 g/mol. The van der Waals surface area contributed by atoms with Crippen LogP contribution in [0.1, 0.15) is 54.4 Å². The van der Waals surface area contributed by atoms with Crippen LogP contribution in [-0.4, -0.2) is 29.2 Å². The molecule has 3 amide bonds. The first-order valence-electron chi connectivity index (χ1n) is 9.97. The van der Waals surface area contributed by atoms with Gasteiger partial charge in [0.15, 0.2) is 0 Å². The number of rotatable bonds is 3. The van der Waals surface area contributed by atoms with E-state index in [1.54, 1.807) is 35.2 Å². The number of nitrogens with zero attached hydrogens (tertiary/aromatic N) is 2. The summed E-state index contributed by atoms with van der Waals surface area (Å²) in [5.41, 5.74) is 4.23. The van der Waals surface area contributed by atoms with Crippen LogP contribution in [0, 0.1) is 6.92 Å². The zero-order valence-corrected chi connectivity index (χ0v) is 16.6. The van der Waals surface area contributed by atoms with Crippen molar-refractivity contribution in [2.45, 2.75) is 26.3 Å². The molecule has 0 aliphatic carbocycles. The average Bonchev–Trinajstić information content (AvgIpc) is 3.35. The third-order valence-electron chi connectivity index (χ3n) is 5.71. The molecule has 2 aliphatic heterocycles. The summed E-state index contributed by atoms with van der Waals surface area (Å²) in [5.74, 6) is -0.409. The van der Waals surface area contributed by atoms with Crippen LogP contribution in [0.5, 0.6) is 0 Å². The van der Waals surface area contributed by atoms with Crippen LogP contribution in [0.15, 0.2) is 59.2 Å². The Morgan fingerprint density at radius 2 is 1.87 bits per heavy atom. The predicted octanol–water partition coefficient (Wildman–Crippen LogP) is 3.98. The van der Waals surface area contributed by atoms with E-state index in [1.807, 2.05) is 19.1 Å². The molecule has 0 bridgehead atoms. The summed E-state index contributed by atoms with van der Waals surface area (Å²) in [4.78, 5) is 41.7. The first kappa shape index (κ1) is 18.4. The van der Waals surface area contributed by atoms with E-state index in [0.29, 0.717) is 23.4 Å². The number of aryl methyl sites for hydroxylation is 2. The van der Waals surface area contributed by atoms with Crippen molar-refractivity contribution in [1.29, 1.82) is 0 Å². The highest BCUT2D eigenvalue weighted by atomic mass is 16.3. The van der Waals surface area contributed by atoms with Crippen molar-refractivity contribution in [1.82, 2.24) is 4.90 Å². The molecule has 5 rings (SSSR count). The van der Waals surface area contributed by atoms with Gasteiger partial charge in [0.2, 0.25) is 0 Å². The molecule has 30 heavy (non-hydrogen) atoms. The van der Waals surface area contributed by atoms with Gasteiger partial charge in [0.1, 0.15) is 5.76 Å². The molecule has 2 aromatic carbocycles. The highest BCUT2D eigenvalue weighted by Gasteiger charge is 2.37. The summed E-state index contributed by atoms with van der Waals surface area (Å²) < 4.78 is 5.27. The number of amides is 3. The molecule has 0 unspecified atom stereocenters. The Labute approximate surface area is 173 Å². The topological polar surface area (TPSA) is 70.8 Å². The van der Waals surface area contributed by atoms with E-state index in [9.17, 15) is 14.4 Å². The smallest absolute Gasteiger partial charge is 0.261 e. The van der Waals surface area contributed by atoms with E-state index in [2.05, 4.69) is 6.07 Å². The number of furan rings is 1. The van der Waals surface area contributed by atoms with Crippen molar-refractivity contribution in [3.63, 3.8) is 0 Å². The molecular formula is C24H20N2O4. The van der Waals surface area contributed by atoms with Crippen LogP contribution in [0.2, 0.25) is 0 Å². The van der Waals surface area contributed by atoms with E-state index in [1.165, 1.54) is 11.8 Å². The molecule has 0 fully saturated rings. The van der Waals surface area contributed by atoms with Crippen LogP contribution >= 0.6 is 0 Å². The monoisotopic (exact) mass is 400 g/mol.